The molecule has 3 heteroatoms. The van der Waals surface area contributed by atoms with Crippen LogP contribution in [0.1, 0.15) is 32.1 Å². The van der Waals surface area contributed by atoms with Gasteiger partial charge in [0.25, 0.3) is 0 Å². The third kappa shape index (κ3) is 3.25. The van der Waals surface area contributed by atoms with Crippen LogP contribution < -0.4 is 0 Å². The monoisotopic (exact) mass is 187 g/mol. The van der Waals surface area contributed by atoms with Crippen molar-refractivity contribution in [1.29, 1.82) is 0 Å². The van der Waals surface area contributed by atoms with Crippen molar-refractivity contribution in [2.75, 3.05) is 20.6 Å². The van der Waals surface area contributed by atoms with E-state index in [1.54, 1.807) is 0 Å². The molecule has 1 aliphatic carbocycles. The average molecular weight is 187 g/mol. The summed E-state index contributed by atoms with van der Waals surface area (Å²) >= 11 is 0. The minimum Gasteiger partial charge on any atom is -0.365 e. The lowest BCUT2D eigenvalue weighted by molar-refractivity contribution is -0.218. The Morgan fingerprint density at radius 2 is 2.00 bits per heavy atom. The standard InChI is InChI=1S/C10H21NO2/c1-11(2)8-6-9-5-3-4-7-10(9,12)13/h9,12-13H,3-8H2,1-2H3. The predicted octanol–water partition coefficient (Wildman–Crippen LogP) is 0.809. The normalized spacial score (nSPS) is 27.9. The molecule has 0 spiro atoms. The molecule has 0 aliphatic heterocycles. The second-order valence-corrected chi connectivity index (χ2v) is 4.41. The van der Waals surface area contributed by atoms with E-state index >= 15 is 0 Å². The molecule has 0 bridgehead atoms. The SMILES string of the molecule is CN(C)CCC1CCCCC1(O)O. The second kappa shape index (κ2) is 4.40. The Balaban J connectivity index is 2.37. The van der Waals surface area contributed by atoms with Gasteiger partial charge in [0.05, 0.1) is 0 Å². The Morgan fingerprint density at radius 3 is 2.54 bits per heavy atom. The third-order valence-electron chi connectivity index (χ3n) is 2.93. The molecule has 1 atom stereocenters. The molecule has 0 saturated heterocycles. The van der Waals surface area contributed by atoms with Crippen LogP contribution in [0.2, 0.25) is 0 Å². The van der Waals surface area contributed by atoms with Crippen molar-refractivity contribution in [1.82, 2.24) is 4.90 Å². The Kier molecular flexibility index (Phi) is 3.71. The van der Waals surface area contributed by atoms with Gasteiger partial charge in [0.1, 0.15) is 0 Å². The molecule has 78 valence electrons. The number of rotatable bonds is 3. The van der Waals surface area contributed by atoms with Crippen LogP contribution in [0.3, 0.4) is 0 Å². The zero-order chi connectivity index (χ0) is 9.90. The van der Waals surface area contributed by atoms with Crippen LogP contribution in [0.4, 0.5) is 0 Å². The topological polar surface area (TPSA) is 43.7 Å². The first-order valence-corrected chi connectivity index (χ1v) is 5.12. The van der Waals surface area contributed by atoms with Gasteiger partial charge in [0.15, 0.2) is 5.79 Å². The van der Waals surface area contributed by atoms with Gasteiger partial charge >= 0.3 is 0 Å². The zero-order valence-corrected chi connectivity index (χ0v) is 8.66. The fraction of sp³-hybridized carbons (Fsp3) is 1.00. The van der Waals surface area contributed by atoms with Crippen LogP contribution in [-0.4, -0.2) is 41.5 Å². The molecule has 0 heterocycles. The van der Waals surface area contributed by atoms with Gasteiger partial charge < -0.3 is 15.1 Å². The molecule has 0 aromatic heterocycles. The maximum atomic E-state index is 9.68. The number of hydrogen-bond acceptors (Lipinski definition) is 3. The van der Waals surface area contributed by atoms with Crippen LogP contribution in [-0.2, 0) is 0 Å². The van der Waals surface area contributed by atoms with Crippen LogP contribution in [0.15, 0.2) is 0 Å². The molecule has 1 unspecified atom stereocenters. The van der Waals surface area contributed by atoms with E-state index in [4.69, 9.17) is 0 Å². The minimum atomic E-state index is -1.39. The van der Waals surface area contributed by atoms with Gasteiger partial charge in [-0.3, -0.25) is 0 Å². The van der Waals surface area contributed by atoms with Crippen LogP contribution >= 0.6 is 0 Å². The summed E-state index contributed by atoms with van der Waals surface area (Å²) in [6, 6.07) is 0. The summed E-state index contributed by atoms with van der Waals surface area (Å²) in [7, 11) is 4.03. The molecule has 3 nitrogen and oxygen atoms in total. The van der Waals surface area contributed by atoms with Gasteiger partial charge in [0, 0.05) is 12.3 Å². The van der Waals surface area contributed by atoms with Crippen LogP contribution in [0, 0.1) is 5.92 Å². The summed E-state index contributed by atoms with van der Waals surface area (Å²) in [5.74, 6) is -1.32. The summed E-state index contributed by atoms with van der Waals surface area (Å²) in [6.07, 6.45) is 4.48. The lowest BCUT2D eigenvalue weighted by atomic mass is 9.81. The first-order chi connectivity index (χ1) is 6.02. The summed E-state index contributed by atoms with van der Waals surface area (Å²) in [4.78, 5) is 2.09. The average Bonchev–Trinajstić information content (AvgIpc) is 2.01. The van der Waals surface area contributed by atoms with E-state index in [0.29, 0.717) is 6.42 Å². The first kappa shape index (κ1) is 11.0. The van der Waals surface area contributed by atoms with Gasteiger partial charge in [-0.05, 0) is 39.9 Å². The van der Waals surface area contributed by atoms with Crippen molar-refractivity contribution >= 4 is 0 Å². The minimum absolute atomic E-state index is 0.0728. The van der Waals surface area contributed by atoms with E-state index in [2.05, 4.69) is 4.90 Å². The van der Waals surface area contributed by atoms with Crippen molar-refractivity contribution in [3.8, 4) is 0 Å². The van der Waals surface area contributed by atoms with E-state index in [0.717, 1.165) is 32.2 Å². The van der Waals surface area contributed by atoms with Gasteiger partial charge in [-0.25, -0.2) is 0 Å². The molecule has 1 aliphatic rings. The molecule has 2 N–H and O–H groups in total. The largest absolute Gasteiger partial charge is 0.365 e. The van der Waals surface area contributed by atoms with Gasteiger partial charge in [-0.2, -0.15) is 0 Å². The Hall–Kier alpha value is -0.120. The molecular formula is C10H21NO2. The summed E-state index contributed by atoms with van der Waals surface area (Å²) in [6.45, 7) is 0.938. The van der Waals surface area contributed by atoms with E-state index in [1.807, 2.05) is 14.1 Å². The summed E-state index contributed by atoms with van der Waals surface area (Å²) in [5, 5.41) is 19.4. The van der Waals surface area contributed by atoms with Gasteiger partial charge in [-0.15, -0.1) is 0 Å². The van der Waals surface area contributed by atoms with E-state index in [9.17, 15) is 10.2 Å². The second-order valence-electron chi connectivity index (χ2n) is 4.41. The molecule has 0 amide bonds. The van der Waals surface area contributed by atoms with Gasteiger partial charge in [0.2, 0.25) is 0 Å². The molecule has 0 aromatic rings. The van der Waals surface area contributed by atoms with Crippen molar-refractivity contribution in [2.45, 2.75) is 37.9 Å². The first-order valence-electron chi connectivity index (χ1n) is 5.12. The fourth-order valence-electron chi connectivity index (χ4n) is 2.00. The van der Waals surface area contributed by atoms with Crippen molar-refractivity contribution in [3.63, 3.8) is 0 Å². The van der Waals surface area contributed by atoms with Crippen LogP contribution in [0.25, 0.3) is 0 Å². The third-order valence-corrected chi connectivity index (χ3v) is 2.93. The Morgan fingerprint density at radius 1 is 1.31 bits per heavy atom. The summed E-state index contributed by atoms with van der Waals surface area (Å²) in [5.41, 5.74) is 0. The Labute approximate surface area is 80.4 Å². The number of nitrogens with zero attached hydrogens (tertiary/aromatic N) is 1. The molecule has 1 rings (SSSR count). The predicted molar refractivity (Wildman–Crippen MR) is 52.3 cm³/mol. The molecule has 1 fully saturated rings. The molecule has 0 radical (unpaired) electrons. The highest BCUT2D eigenvalue weighted by Gasteiger charge is 2.36. The van der Waals surface area contributed by atoms with E-state index < -0.39 is 5.79 Å². The maximum Gasteiger partial charge on any atom is 0.165 e. The lowest BCUT2D eigenvalue weighted by Crippen LogP contribution is -2.41. The number of hydrogen-bond donors (Lipinski definition) is 2. The maximum absolute atomic E-state index is 9.68. The van der Waals surface area contributed by atoms with Crippen molar-refractivity contribution in [2.24, 2.45) is 5.92 Å². The number of aliphatic hydroxyl groups is 2. The highest BCUT2D eigenvalue weighted by atomic mass is 16.5. The van der Waals surface area contributed by atoms with E-state index in [1.165, 1.54) is 0 Å². The molecule has 13 heavy (non-hydrogen) atoms. The fourth-order valence-corrected chi connectivity index (χ4v) is 2.00. The molecule has 0 aromatic carbocycles. The van der Waals surface area contributed by atoms with E-state index in [-0.39, 0.29) is 5.92 Å². The quantitative estimate of drug-likeness (QED) is 0.643. The highest BCUT2D eigenvalue weighted by Crippen LogP contribution is 2.33. The molecular weight excluding hydrogens is 166 g/mol. The highest BCUT2D eigenvalue weighted by molar-refractivity contribution is 4.80. The van der Waals surface area contributed by atoms with Crippen molar-refractivity contribution in [3.05, 3.63) is 0 Å². The van der Waals surface area contributed by atoms with Crippen molar-refractivity contribution < 1.29 is 10.2 Å². The van der Waals surface area contributed by atoms with Crippen LogP contribution in [0.5, 0.6) is 0 Å². The van der Waals surface area contributed by atoms with Gasteiger partial charge in [-0.1, -0.05) is 6.42 Å². The Bertz CT molecular complexity index is 157. The summed E-state index contributed by atoms with van der Waals surface area (Å²) < 4.78 is 0. The zero-order valence-electron chi connectivity index (χ0n) is 8.66. The molecule has 1 saturated carbocycles. The smallest absolute Gasteiger partial charge is 0.165 e. The lowest BCUT2D eigenvalue weighted by Gasteiger charge is -2.36.